The summed E-state index contributed by atoms with van der Waals surface area (Å²) in [4.78, 5) is 22.2. The number of amides is 1. The summed E-state index contributed by atoms with van der Waals surface area (Å²) in [6.07, 6.45) is 2.14. The number of nitrogens with zero attached hydrogens (tertiary/aromatic N) is 1. The molecule has 2 N–H and O–H groups in total. The van der Waals surface area contributed by atoms with Crippen LogP contribution < -0.4 is 10.6 Å². The molecular formula is C16H18ClN3O4. The molecule has 0 unspecified atom stereocenters. The summed E-state index contributed by atoms with van der Waals surface area (Å²) >= 11 is 6.04. The van der Waals surface area contributed by atoms with Crippen LogP contribution in [-0.2, 0) is 0 Å². The second-order valence-electron chi connectivity index (χ2n) is 5.34. The summed E-state index contributed by atoms with van der Waals surface area (Å²) in [6.45, 7) is 4.49. The van der Waals surface area contributed by atoms with E-state index in [1.165, 1.54) is 12.3 Å². The Morgan fingerprint density at radius 2 is 2.04 bits per heavy atom. The van der Waals surface area contributed by atoms with Gasteiger partial charge in [0.2, 0.25) is 0 Å². The van der Waals surface area contributed by atoms with E-state index in [2.05, 4.69) is 10.6 Å². The fraction of sp³-hybridized carbons (Fsp3) is 0.312. The second-order valence-corrected chi connectivity index (χ2v) is 5.75. The number of anilines is 1. The van der Waals surface area contributed by atoms with Crippen molar-refractivity contribution in [3.05, 3.63) is 56.5 Å². The van der Waals surface area contributed by atoms with Gasteiger partial charge in [0.1, 0.15) is 0 Å². The van der Waals surface area contributed by atoms with Crippen molar-refractivity contribution in [3.8, 4) is 0 Å². The highest BCUT2D eigenvalue weighted by Crippen LogP contribution is 2.30. The minimum Gasteiger partial charge on any atom is -0.459 e. The van der Waals surface area contributed by atoms with Crippen LogP contribution in [0.15, 0.2) is 28.9 Å². The molecule has 0 saturated carbocycles. The smallest absolute Gasteiger partial charge is 0.287 e. The number of benzene rings is 1. The van der Waals surface area contributed by atoms with Gasteiger partial charge in [0.15, 0.2) is 5.76 Å². The molecule has 0 fully saturated rings. The van der Waals surface area contributed by atoms with Gasteiger partial charge in [-0.1, -0.05) is 11.6 Å². The molecule has 1 amide bonds. The molecule has 0 aliphatic heterocycles. The lowest BCUT2D eigenvalue weighted by molar-refractivity contribution is -0.385. The van der Waals surface area contributed by atoms with Crippen LogP contribution in [0.5, 0.6) is 0 Å². The SMILES string of the molecule is Cc1cc(NCCCNC(=O)c2occc2C)c(Cl)cc1[N+](=O)[O-]. The number of furan rings is 1. The molecule has 0 atom stereocenters. The third kappa shape index (κ3) is 4.26. The van der Waals surface area contributed by atoms with Gasteiger partial charge in [-0.25, -0.2) is 0 Å². The first-order valence-corrected chi connectivity index (χ1v) is 7.78. The molecule has 0 spiro atoms. The average molecular weight is 352 g/mol. The number of hydrogen-bond acceptors (Lipinski definition) is 5. The Labute approximate surface area is 144 Å². The fourth-order valence-corrected chi connectivity index (χ4v) is 2.43. The number of carbonyl (C=O) groups excluding carboxylic acids is 1. The highest BCUT2D eigenvalue weighted by atomic mass is 35.5. The number of carbonyl (C=O) groups is 1. The molecule has 7 nitrogen and oxygen atoms in total. The number of rotatable bonds is 7. The maximum absolute atomic E-state index is 11.8. The van der Waals surface area contributed by atoms with E-state index in [1.54, 1.807) is 26.0 Å². The first-order valence-electron chi connectivity index (χ1n) is 7.41. The third-order valence-corrected chi connectivity index (χ3v) is 3.82. The quantitative estimate of drug-likeness (QED) is 0.450. The lowest BCUT2D eigenvalue weighted by Gasteiger charge is -2.10. The Morgan fingerprint density at radius 1 is 1.29 bits per heavy atom. The predicted octanol–water partition coefficient (Wildman–Crippen LogP) is 3.69. The average Bonchev–Trinajstić information content (AvgIpc) is 2.95. The van der Waals surface area contributed by atoms with Crippen molar-refractivity contribution in [2.24, 2.45) is 0 Å². The third-order valence-electron chi connectivity index (χ3n) is 3.51. The largest absolute Gasteiger partial charge is 0.459 e. The van der Waals surface area contributed by atoms with Crippen molar-refractivity contribution in [1.82, 2.24) is 5.32 Å². The maximum Gasteiger partial charge on any atom is 0.287 e. The van der Waals surface area contributed by atoms with Crippen LogP contribution in [0.2, 0.25) is 5.02 Å². The van der Waals surface area contributed by atoms with E-state index in [0.29, 0.717) is 41.5 Å². The number of hydrogen-bond donors (Lipinski definition) is 2. The van der Waals surface area contributed by atoms with Crippen molar-refractivity contribution in [3.63, 3.8) is 0 Å². The number of nitrogens with one attached hydrogen (secondary N) is 2. The normalized spacial score (nSPS) is 10.5. The minimum atomic E-state index is -0.461. The minimum absolute atomic E-state index is 0.00775. The van der Waals surface area contributed by atoms with E-state index in [4.69, 9.17) is 16.0 Å². The Bertz CT molecular complexity index is 758. The van der Waals surface area contributed by atoms with Gasteiger partial charge in [-0.3, -0.25) is 14.9 Å². The van der Waals surface area contributed by atoms with Gasteiger partial charge in [0.25, 0.3) is 11.6 Å². The van der Waals surface area contributed by atoms with Gasteiger partial charge in [0, 0.05) is 30.3 Å². The first kappa shape index (κ1) is 17.8. The van der Waals surface area contributed by atoms with Crippen LogP contribution in [0.4, 0.5) is 11.4 Å². The molecule has 2 aromatic rings. The van der Waals surface area contributed by atoms with Gasteiger partial charge in [0.05, 0.1) is 21.9 Å². The Kier molecular flexibility index (Phi) is 5.81. The van der Waals surface area contributed by atoms with E-state index in [9.17, 15) is 14.9 Å². The molecule has 0 aliphatic carbocycles. The fourth-order valence-electron chi connectivity index (χ4n) is 2.20. The van der Waals surface area contributed by atoms with Crippen LogP contribution in [0.1, 0.15) is 28.1 Å². The molecule has 0 aliphatic rings. The lowest BCUT2D eigenvalue weighted by atomic mass is 10.2. The molecule has 0 saturated heterocycles. The Morgan fingerprint density at radius 3 is 2.67 bits per heavy atom. The van der Waals surface area contributed by atoms with E-state index in [1.807, 2.05) is 0 Å². The Hall–Kier alpha value is -2.54. The molecular weight excluding hydrogens is 334 g/mol. The molecule has 2 rings (SSSR count). The van der Waals surface area contributed by atoms with Crippen LogP contribution in [-0.4, -0.2) is 23.9 Å². The molecule has 128 valence electrons. The molecule has 24 heavy (non-hydrogen) atoms. The van der Waals surface area contributed by atoms with Crippen molar-refractivity contribution >= 4 is 28.9 Å². The number of halogens is 1. The molecule has 8 heteroatoms. The van der Waals surface area contributed by atoms with Crippen molar-refractivity contribution < 1.29 is 14.1 Å². The first-order chi connectivity index (χ1) is 11.4. The molecule has 0 bridgehead atoms. The number of nitro benzene ring substituents is 1. The highest BCUT2D eigenvalue weighted by Gasteiger charge is 2.14. The number of nitro groups is 1. The van der Waals surface area contributed by atoms with Crippen LogP contribution >= 0.6 is 11.6 Å². The van der Waals surface area contributed by atoms with E-state index in [-0.39, 0.29) is 11.6 Å². The Balaban J connectivity index is 1.81. The van der Waals surface area contributed by atoms with E-state index in [0.717, 1.165) is 5.56 Å². The van der Waals surface area contributed by atoms with Gasteiger partial charge in [-0.05, 0) is 32.4 Å². The summed E-state index contributed by atoms with van der Waals surface area (Å²) < 4.78 is 5.11. The standard InChI is InChI=1S/C16H18ClN3O4/c1-10-4-7-24-15(10)16(21)19-6-3-5-18-13-8-11(2)14(20(22)23)9-12(13)17/h4,7-9,18H,3,5-6H2,1-2H3,(H,19,21). The van der Waals surface area contributed by atoms with Crippen LogP contribution in [0.25, 0.3) is 0 Å². The molecule has 1 aromatic carbocycles. The van der Waals surface area contributed by atoms with Crippen LogP contribution in [0.3, 0.4) is 0 Å². The summed E-state index contributed by atoms with van der Waals surface area (Å²) in [5.74, 6) is 0.0683. The van der Waals surface area contributed by atoms with Crippen LogP contribution in [0, 0.1) is 24.0 Å². The van der Waals surface area contributed by atoms with Crippen molar-refractivity contribution in [1.29, 1.82) is 0 Å². The second kappa shape index (κ2) is 7.83. The van der Waals surface area contributed by atoms with E-state index < -0.39 is 4.92 Å². The van der Waals surface area contributed by atoms with Gasteiger partial charge in [-0.15, -0.1) is 0 Å². The summed E-state index contributed by atoms with van der Waals surface area (Å²) in [7, 11) is 0. The predicted molar refractivity (Wildman–Crippen MR) is 91.7 cm³/mol. The van der Waals surface area contributed by atoms with Crippen molar-refractivity contribution in [2.45, 2.75) is 20.3 Å². The monoisotopic (exact) mass is 351 g/mol. The van der Waals surface area contributed by atoms with Gasteiger partial charge in [-0.2, -0.15) is 0 Å². The molecule has 1 aromatic heterocycles. The summed E-state index contributed by atoms with van der Waals surface area (Å²) in [5, 5.41) is 17.0. The van der Waals surface area contributed by atoms with E-state index >= 15 is 0 Å². The number of aryl methyl sites for hydroxylation is 2. The maximum atomic E-state index is 11.8. The zero-order valence-corrected chi connectivity index (χ0v) is 14.1. The zero-order valence-electron chi connectivity index (χ0n) is 13.4. The summed E-state index contributed by atoms with van der Waals surface area (Å²) in [5.41, 5.74) is 1.95. The van der Waals surface area contributed by atoms with Gasteiger partial charge >= 0.3 is 0 Å². The topological polar surface area (TPSA) is 97.4 Å². The van der Waals surface area contributed by atoms with Crippen molar-refractivity contribution in [2.75, 3.05) is 18.4 Å². The lowest BCUT2D eigenvalue weighted by Crippen LogP contribution is -2.26. The van der Waals surface area contributed by atoms with Gasteiger partial charge < -0.3 is 15.1 Å². The molecule has 0 radical (unpaired) electrons. The highest BCUT2D eigenvalue weighted by molar-refractivity contribution is 6.33. The molecule has 1 heterocycles. The summed E-state index contributed by atoms with van der Waals surface area (Å²) in [6, 6.07) is 4.71. The zero-order chi connectivity index (χ0) is 17.7.